The van der Waals surface area contributed by atoms with Crippen LogP contribution in [0, 0.1) is 5.92 Å². The van der Waals surface area contributed by atoms with Crippen LogP contribution >= 0.6 is 12.4 Å². The van der Waals surface area contributed by atoms with Crippen molar-refractivity contribution in [1.29, 1.82) is 0 Å². The molecule has 1 fully saturated rings. The molecule has 1 aliphatic carbocycles. The van der Waals surface area contributed by atoms with Crippen molar-refractivity contribution in [2.45, 2.75) is 43.0 Å². The van der Waals surface area contributed by atoms with E-state index in [0.717, 1.165) is 12.8 Å². The fourth-order valence-electron chi connectivity index (χ4n) is 3.28. The molecular weight excluding hydrogens is 376 g/mol. The van der Waals surface area contributed by atoms with Gasteiger partial charge >= 0.3 is 0 Å². The van der Waals surface area contributed by atoms with E-state index in [2.05, 4.69) is 5.32 Å². The Morgan fingerprint density at radius 1 is 1.23 bits per heavy atom. The molecule has 1 unspecified atom stereocenters. The summed E-state index contributed by atoms with van der Waals surface area (Å²) in [5.74, 6) is 0.143. The molecule has 0 bridgehead atoms. The molecule has 2 rings (SSSR count). The predicted octanol–water partition coefficient (Wildman–Crippen LogP) is 2.17. The van der Waals surface area contributed by atoms with E-state index in [0.29, 0.717) is 18.0 Å². The number of nitrogens with two attached hydrogens (primary N) is 1. The Balaban J connectivity index is 0.00000338. The zero-order chi connectivity index (χ0) is 18.3. The van der Waals surface area contributed by atoms with Gasteiger partial charge in [0.25, 0.3) is 5.91 Å². The molecule has 0 aromatic heterocycles. The van der Waals surface area contributed by atoms with Gasteiger partial charge in [0.1, 0.15) is 0 Å². The number of nitrogens with one attached hydrogen (secondary N) is 1. The van der Waals surface area contributed by atoms with Gasteiger partial charge in [0.05, 0.1) is 17.3 Å². The molecule has 0 radical (unpaired) electrons. The van der Waals surface area contributed by atoms with E-state index in [-0.39, 0.29) is 41.6 Å². The average molecular weight is 405 g/mol. The number of methoxy groups -OCH3 is 1. The summed E-state index contributed by atoms with van der Waals surface area (Å²) in [6.07, 6.45) is 5.81. The van der Waals surface area contributed by atoms with Crippen LogP contribution in [0.25, 0.3) is 0 Å². The van der Waals surface area contributed by atoms with E-state index >= 15 is 0 Å². The molecule has 0 aliphatic heterocycles. The molecule has 1 aromatic rings. The summed E-state index contributed by atoms with van der Waals surface area (Å²) < 4.78 is 29.0. The van der Waals surface area contributed by atoms with Gasteiger partial charge in [0.15, 0.2) is 9.84 Å². The van der Waals surface area contributed by atoms with Crippen molar-refractivity contribution in [2.24, 2.45) is 11.7 Å². The second kappa shape index (κ2) is 10.9. The lowest BCUT2D eigenvalue weighted by molar-refractivity contribution is 0.0915. The third kappa shape index (κ3) is 6.23. The van der Waals surface area contributed by atoms with Crippen LogP contribution in [0.3, 0.4) is 0 Å². The Morgan fingerprint density at radius 2 is 1.85 bits per heavy atom. The first kappa shape index (κ1) is 22.9. The molecule has 1 aliphatic rings. The van der Waals surface area contributed by atoms with Crippen LogP contribution in [0.4, 0.5) is 0 Å². The smallest absolute Gasteiger partial charge is 0.251 e. The van der Waals surface area contributed by atoms with Gasteiger partial charge in [0.2, 0.25) is 0 Å². The highest BCUT2D eigenvalue weighted by Gasteiger charge is 2.24. The number of hydrogen-bond acceptors (Lipinski definition) is 5. The van der Waals surface area contributed by atoms with E-state index in [4.69, 9.17) is 10.5 Å². The highest BCUT2D eigenvalue weighted by Crippen LogP contribution is 2.26. The van der Waals surface area contributed by atoms with Gasteiger partial charge in [-0.05, 0) is 43.0 Å². The summed E-state index contributed by atoms with van der Waals surface area (Å²) >= 11 is 0. The van der Waals surface area contributed by atoms with Crippen LogP contribution in [-0.2, 0) is 14.6 Å². The standard InChI is InChI=1S/C18H28N2O4S.ClH/c1-24-11-12-25(22,23)16-9-7-15(8-10-16)18(21)20-17(13-19)14-5-3-2-4-6-14;/h7-10,14,17H,2-6,11-13,19H2,1H3,(H,20,21);1H. The van der Waals surface area contributed by atoms with Gasteiger partial charge in [-0.1, -0.05) is 19.3 Å². The first-order valence-electron chi connectivity index (χ1n) is 8.80. The molecule has 1 amide bonds. The van der Waals surface area contributed by atoms with Crippen molar-refractivity contribution < 1.29 is 17.9 Å². The average Bonchev–Trinajstić information content (AvgIpc) is 2.65. The molecule has 0 spiro atoms. The molecule has 6 nitrogen and oxygen atoms in total. The van der Waals surface area contributed by atoms with Crippen LogP contribution in [0.15, 0.2) is 29.2 Å². The van der Waals surface area contributed by atoms with E-state index in [1.807, 2.05) is 0 Å². The Kier molecular flexibility index (Phi) is 9.57. The first-order valence-corrected chi connectivity index (χ1v) is 10.5. The highest BCUT2D eigenvalue weighted by atomic mass is 35.5. The maximum absolute atomic E-state index is 12.5. The fraction of sp³-hybridized carbons (Fsp3) is 0.611. The van der Waals surface area contributed by atoms with Gasteiger partial charge in [-0.25, -0.2) is 8.42 Å². The molecule has 26 heavy (non-hydrogen) atoms. The number of halogens is 1. The largest absolute Gasteiger partial charge is 0.384 e. The highest BCUT2D eigenvalue weighted by molar-refractivity contribution is 7.91. The second-order valence-corrected chi connectivity index (χ2v) is 8.66. The van der Waals surface area contributed by atoms with Crippen LogP contribution in [0.2, 0.25) is 0 Å². The van der Waals surface area contributed by atoms with Gasteiger partial charge in [0, 0.05) is 25.3 Å². The van der Waals surface area contributed by atoms with E-state index < -0.39 is 9.84 Å². The summed E-state index contributed by atoms with van der Waals surface area (Å²) in [6.45, 7) is 0.560. The van der Waals surface area contributed by atoms with Crippen molar-refractivity contribution >= 4 is 28.2 Å². The summed E-state index contributed by atoms with van der Waals surface area (Å²) in [7, 11) is -1.92. The Labute approximate surface area is 162 Å². The molecule has 0 heterocycles. The fourth-order valence-corrected chi connectivity index (χ4v) is 4.45. The molecular formula is C18H29ClN2O4S. The van der Waals surface area contributed by atoms with Gasteiger partial charge in [-0.3, -0.25) is 4.79 Å². The summed E-state index contributed by atoms with van der Waals surface area (Å²) in [4.78, 5) is 12.7. The maximum atomic E-state index is 12.5. The van der Waals surface area contributed by atoms with Crippen LogP contribution in [0.1, 0.15) is 42.5 Å². The van der Waals surface area contributed by atoms with E-state index in [1.165, 1.54) is 38.5 Å². The number of carbonyl (C=O) groups is 1. The molecule has 1 aromatic carbocycles. The normalized spacial score (nSPS) is 16.5. The first-order chi connectivity index (χ1) is 12.0. The topological polar surface area (TPSA) is 98.5 Å². The third-order valence-corrected chi connectivity index (χ3v) is 6.52. The number of rotatable bonds is 8. The summed E-state index contributed by atoms with van der Waals surface area (Å²) in [5, 5.41) is 3.01. The van der Waals surface area contributed by atoms with E-state index in [1.54, 1.807) is 12.1 Å². The minimum absolute atomic E-state index is 0. The lowest BCUT2D eigenvalue weighted by Gasteiger charge is -2.30. The molecule has 1 saturated carbocycles. The Morgan fingerprint density at radius 3 is 2.38 bits per heavy atom. The van der Waals surface area contributed by atoms with Crippen molar-refractivity contribution in [3.63, 3.8) is 0 Å². The van der Waals surface area contributed by atoms with Gasteiger partial charge in [-0.15, -0.1) is 12.4 Å². The minimum atomic E-state index is -3.39. The predicted molar refractivity (Wildman–Crippen MR) is 105 cm³/mol. The molecule has 148 valence electrons. The number of carbonyl (C=O) groups excluding carboxylic acids is 1. The van der Waals surface area contributed by atoms with Crippen LogP contribution in [-0.4, -0.2) is 46.4 Å². The zero-order valence-electron chi connectivity index (χ0n) is 15.1. The third-order valence-electron chi connectivity index (χ3n) is 4.82. The van der Waals surface area contributed by atoms with Gasteiger partial charge in [-0.2, -0.15) is 0 Å². The monoisotopic (exact) mass is 404 g/mol. The van der Waals surface area contributed by atoms with Crippen LogP contribution in [0.5, 0.6) is 0 Å². The molecule has 8 heteroatoms. The van der Waals surface area contributed by atoms with Crippen LogP contribution < -0.4 is 11.1 Å². The lowest BCUT2D eigenvalue weighted by atomic mass is 9.84. The van der Waals surface area contributed by atoms with E-state index in [9.17, 15) is 13.2 Å². The van der Waals surface area contributed by atoms with Crippen molar-refractivity contribution in [2.75, 3.05) is 26.0 Å². The summed E-state index contributed by atoms with van der Waals surface area (Å²) in [6, 6.07) is 6.00. The Hall–Kier alpha value is -1.15. The quantitative estimate of drug-likeness (QED) is 0.691. The molecule has 0 saturated heterocycles. The van der Waals surface area contributed by atoms with Crippen molar-refractivity contribution in [3.05, 3.63) is 29.8 Å². The minimum Gasteiger partial charge on any atom is -0.384 e. The summed E-state index contributed by atoms with van der Waals surface area (Å²) in [5.41, 5.74) is 6.30. The number of amides is 1. The molecule has 1 atom stereocenters. The van der Waals surface area contributed by atoms with Crippen molar-refractivity contribution in [3.8, 4) is 0 Å². The Bertz CT molecular complexity index is 658. The SMILES string of the molecule is COCCS(=O)(=O)c1ccc(C(=O)NC(CN)C2CCCCC2)cc1.Cl. The number of sulfone groups is 1. The lowest BCUT2D eigenvalue weighted by Crippen LogP contribution is -2.45. The zero-order valence-corrected chi connectivity index (χ0v) is 16.8. The number of benzene rings is 1. The maximum Gasteiger partial charge on any atom is 0.251 e. The number of hydrogen-bond donors (Lipinski definition) is 2. The van der Waals surface area contributed by atoms with Crippen molar-refractivity contribution in [1.82, 2.24) is 5.32 Å². The van der Waals surface area contributed by atoms with Gasteiger partial charge < -0.3 is 15.8 Å². The number of ether oxygens (including phenoxy) is 1. The second-order valence-electron chi connectivity index (χ2n) is 6.55. The molecule has 3 N–H and O–H groups in total.